The highest BCUT2D eigenvalue weighted by atomic mass is 35.5. The number of rotatable bonds is 5. The number of imidazole rings is 1. The van der Waals surface area contributed by atoms with Crippen LogP contribution < -0.4 is 4.74 Å². The summed E-state index contributed by atoms with van der Waals surface area (Å²) in [6, 6.07) is 19.8. The molecule has 1 aromatic heterocycles. The molecule has 0 aliphatic rings. The summed E-state index contributed by atoms with van der Waals surface area (Å²) in [6.45, 7) is 0.568. The molecule has 3 aromatic rings. The van der Waals surface area contributed by atoms with Crippen LogP contribution in [0.1, 0.15) is 11.3 Å². The molecule has 24 heavy (non-hydrogen) atoms. The summed E-state index contributed by atoms with van der Waals surface area (Å²) >= 11 is 6.30. The number of halogens is 1. The largest absolute Gasteiger partial charge is 0.497 e. The summed E-state index contributed by atoms with van der Waals surface area (Å²) < 4.78 is 7.28. The van der Waals surface area contributed by atoms with E-state index in [1.807, 2.05) is 59.2 Å². The molecule has 0 bridgehead atoms. The Morgan fingerprint density at radius 3 is 2.67 bits per heavy atom. The zero-order valence-electron chi connectivity index (χ0n) is 13.2. The van der Waals surface area contributed by atoms with Crippen LogP contribution in [0.25, 0.3) is 11.4 Å². The average Bonchev–Trinajstić information content (AvgIpc) is 2.92. The predicted molar refractivity (Wildman–Crippen MR) is 94.1 cm³/mol. The fourth-order valence-electron chi connectivity index (χ4n) is 2.63. The minimum Gasteiger partial charge on any atom is -0.497 e. The minimum absolute atomic E-state index is 0.211. The van der Waals surface area contributed by atoms with Crippen molar-refractivity contribution < 1.29 is 4.74 Å². The Morgan fingerprint density at radius 2 is 1.96 bits per heavy atom. The molecule has 0 fully saturated rings. The van der Waals surface area contributed by atoms with Crippen LogP contribution in [-0.2, 0) is 13.0 Å². The summed E-state index contributed by atoms with van der Waals surface area (Å²) in [5.41, 5.74) is 2.74. The Balaban J connectivity index is 2.08. The molecule has 0 aliphatic heterocycles. The normalized spacial score (nSPS) is 10.4. The number of ether oxygens (including phenoxy) is 1. The number of nitriles is 1. The van der Waals surface area contributed by atoms with E-state index < -0.39 is 0 Å². The van der Waals surface area contributed by atoms with Gasteiger partial charge in [-0.1, -0.05) is 54.1 Å². The smallest absolute Gasteiger partial charge is 0.152 e. The molecule has 0 aliphatic carbocycles. The van der Waals surface area contributed by atoms with E-state index >= 15 is 0 Å². The van der Waals surface area contributed by atoms with Gasteiger partial charge in [0.15, 0.2) is 5.15 Å². The highest BCUT2D eigenvalue weighted by Gasteiger charge is 2.17. The van der Waals surface area contributed by atoms with Gasteiger partial charge >= 0.3 is 0 Å². The van der Waals surface area contributed by atoms with Crippen molar-refractivity contribution in [3.63, 3.8) is 0 Å². The molecule has 3 rings (SSSR count). The van der Waals surface area contributed by atoms with Crippen LogP contribution in [0, 0.1) is 11.3 Å². The first-order valence-corrected chi connectivity index (χ1v) is 7.91. The van der Waals surface area contributed by atoms with Gasteiger partial charge in [-0.3, -0.25) is 0 Å². The number of benzene rings is 2. The van der Waals surface area contributed by atoms with Crippen molar-refractivity contribution in [1.82, 2.24) is 9.55 Å². The van der Waals surface area contributed by atoms with Gasteiger partial charge in [0.05, 0.1) is 25.3 Å². The first-order valence-electron chi connectivity index (χ1n) is 7.53. The van der Waals surface area contributed by atoms with Crippen molar-refractivity contribution in [1.29, 1.82) is 5.26 Å². The molecule has 2 aromatic carbocycles. The molecule has 0 radical (unpaired) electrons. The Kier molecular flexibility index (Phi) is 4.83. The maximum absolute atomic E-state index is 9.13. The van der Waals surface area contributed by atoms with Crippen LogP contribution in [0.3, 0.4) is 0 Å². The van der Waals surface area contributed by atoms with Gasteiger partial charge in [0.2, 0.25) is 0 Å². The van der Waals surface area contributed by atoms with E-state index in [4.69, 9.17) is 21.6 Å². The Hall–Kier alpha value is -2.77. The summed E-state index contributed by atoms with van der Waals surface area (Å²) in [7, 11) is 1.64. The quantitative estimate of drug-likeness (QED) is 0.696. The van der Waals surface area contributed by atoms with Gasteiger partial charge in [0, 0.05) is 12.1 Å². The summed E-state index contributed by atoms with van der Waals surface area (Å²) in [6.07, 6.45) is 0.211. The Bertz CT molecular complexity index is 881. The van der Waals surface area contributed by atoms with Crippen LogP contribution >= 0.6 is 11.6 Å². The van der Waals surface area contributed by atoms with Crippen LogP contribution in [0.4, 0.5) is 0 Å². The number of hydrogen-bond donors (Lipinski definition) is 0. The molecule has 0 atom stereocenters. The van der Waals surface area contributed by atoms with Crippen molar-refractivity contribution >= 4 is 11.6 Å². The third kappa shape index (κ3) is 3.27. The fraction of sp³-hybridized carbons (Fsp3) is 0.158. The standard InChI is InChI=1S/C19H16ClN3O/c1-24-16-9-5-6-14(12-16)13-23-17(10-11-21)18(20)22-19(23)15-7-3-2-4-8-15/h2-9,12H,10,13H2,1H3. The first-order chi connectivity index (χ1) is 11.7. The lowest BCUT2D eigenvalue weighted by Gasteiger charge is -2.12. The van der Waals surface area contributed by atoms with Crippen LogP contribution in [0.2, 0.25) is 5.15 Å². The first kappa shape index (κ1) is 16.1. The van der Waals surface area contributed by atoms with Crippen LogP contribution in [0.15, 0.2) is 54.6 Å². The lowest BCUT2D eigenvalue weighted by atomic mass is 10.1. The lowest BCUT2D eigenvalue weighted by molar-refractivity contribution is 0.414. The van der Waals surface area contributed by atoms with Gasteiger partial charge in [0.25, 0.3) is 0 Å². The highest BCUT2D eigenvalue weighted by Crippen LogP contribution is 2.27. The lowest BCUT2D eigenvalue weighted by Crippen LogP contribution is -2.06. The van der Waals surface area contributed by atoms with Crippen molar-refractivity contribution in [2.24, 2.45) is 0 Å². The minimum atomic E-state index is 0.211. The summed E-state index contributed by atoms with van der Waals surface area (Å²) in [5.74, 6) is 1.55. The number of aromatic nitrogens is 2. The monoisotopic (exact) mass is 337 g/mol. The average molecular weight is 338 g/mol. The van der Waals surface area contributed by atoms with E-state index in [2.05, 4.69) is 11.1 Å². The number of methoxy groups -OCH3 is 1. The Labute approximate surface area is 145 Å². The second-order valence-corrected chi connectivity index (χ2v) is 5.67. The highest BCUT2D eigenvalue weighted by molar-refractivity contribution is 6.30. The molecule has 0 saturated carbocycles. The van der Waals surface area contributed by atoms with E-state index in [0.717, 1.165) is 28.4 Å². The van der Waals surface area contributed by atoms with E-state index in [1.54, 1.807) is 7.11 Å². The number of nitrogens with zero attached hydrogens (tertiary/aromatic N) is 3. The molecular formula is C19H16ClN3O. The third-order valence-electron chi connectivity index (χ3n) is 3.78. The van der Waals surface area contributed by atoms with Gasteiger partial charge in [-0.25, -0.2) is 4.98 Å². The third-order valence-corrected chi connectivity index (χ3v) is 4.08. The number of hydrogen-bond acceptors (Lipinski definition) is 3. The van der Waals surface area contributed by atoms with Crippen molar-refractivity contribution in [3.8, 4) is 23.2 Å². The molecule has 4 nitrogen and oxygen atoms in total. The second-order valence-electron chi connectivity index (χ2n) is 5.31. The summed E-state index contributed by atoms with van der Waals surface area (Å²) in [4.78, 5) is 4.48. The SMILES string of the molecule is COc1cccc(Cn2c(-c3ccccc3)nc(Cl)c2CC#N)c1. The van der Waals surface area contributed by atoms with Crippen molar-refractivity contribution in [2.45, 2.75) is 13.0 Å². The zero-order valence-corrected chi connectivity index (χ0v) is 14.0. The Morgan fingerprint density at radius 1 is 1.17 bits per heavy atom. The van der Waals surface area contributed by atoms with Gasteiger partial charge < -0.3 is 9.30 Å². The maximum atomic E-state index is 9.13. The topological polar surface area (TPSA) is 50.8 Å². The van der Waals surface area contributed by atoms with Crippen LogP contribution in [-0.4, -0.2) is 16.7 Å². The van der Waals surface area contributed by atoms with Crippen molar-refractivity contribution in [2.75, 3.05) is 7.11 Å². The van der Waals surface area contributed by atoms with Gasteiger partial charge in [0.1, 0.15) is 11.6 Å². The predicted octanol–water partition coefficient (Wildman–Crippen LogP) is 4.33. The van der Waals surface area contributed by atoms with Gasteiger partial charge in [-0.15, -0.1) is 0 Å². The molecule has 1 heterocycles. The summed E-state index contributed by atoms with van der Waals surface area (Å²) in [5, 5.41) is 9.50. The van der Waals surface area contributed by atoms with E-state index in [-0.39, 0.29) is 6.42 Å². The maximum Gasteiger partial charge on any atom is 0.152 e. The molecule has 0 N–H and O–H groups in total. The van der Waals surface area contributed by atoms with Gasteiger partial charge in [-0.05, 0) is 17.7 Å². The second kappa shape index (κ2) is 7.20. The molecular weight excluding hydrogens is 322 g/mol. The molecule has 0 unspecified atom stereocenters. The van der Waals surface area contributed by atoms with E-state index in [1.165, 1.54) is 0 Å². The molecule has 5 heteroatoms. The van der Waals surface area contributed by atoms with Gasteiger partial charge in [-0.2, -0.15) is 5.26 Å². The van der Waals surface area contributed by atoms with E-state index in [9.17, 15) is 0 Å². The molecule has 0 amide bonds. The van der Waals surface area contributed by atoms with Crippen molar-refractivity contribution in [3.05, 3.63) is 71.0 Å². The molecule has 120 valence electrons. The molecule has 0 spiro atoms. The fourth-order valence-corrected chi connectivity index (χ4v) is 2.88. The zero-order chi connectivity index (χ0) is 16.9. The van der Waals surface area contributed by atoms with Crippen LogP contribution in [0.5, 0.6) is 5.75 Å². The molecule has 0 saturated heterocycles. The van der Waals surface area contributed by atoms with E-state index in [0.29, 0.717) is 11.7 Å².